The highest BCUT2D eigenvalue weighted by atomic mass is 16.2. The number of aliphatic imine (C=N–C) groups is 1. The molecule has 0 aromatic carbocycles. The van der Waals surface area contributed by atoms with Crippen molar-refractivity contribution in [2.75, 3.05) is 0 Å². The van der Waals surface area contributed by atoms with Gasteiger partial charge in [-0.1, -0.05) is 40.5 Å². The molecule has 0 bridgehead atoms. The van der Waals surface area contributed by atoms with Crippen molar-refractivity contribution in [1.82, 2.24) is 14.9 Å². The van der Waals surface area contributed by atoms with Crippen LogP contribution >= 0.6 is 0 Å². The van der Waals surface area contributed by atoms with Gasteiger partial charge in [0.15, 0.2) is 5.84 Å². The summed E-state index contributed by atoms with van der Waals surface area (Å²) in [5, 5.41) is 0. The predicted octanol–water partition coefficient (Wildman–Crippen LogP) is 3.58. The standard InChI is InChI=1S/C11H10N4O.2C3H8/c1-6-5-12-8-3-4-15-10(9(8)13-6)14-7(2)11(15)16;2*1-3-2/h3-5,7H,1-2H3;2*3H2,1-2H3. The van der Waals surface area contributed by atoms with Crippen LogP contribution in [0.5, 0.6) is 0 Å². The summed E-state index contributed by atoms with van der Waals surface area (Å²) in [6.07, 6.45) is 7.70. The van der Waals surface area contributed by atoms with E-state index in [4.69, 9.17) is 0 Å². The number of nitrogens with zero attached hydrogens (tertiary/aromatic N) is 4. The third-order valence-electron chi connectivity index (χ3n) is 2.65. The maximum atomic E-state index is 11.7. The molecule has 2 aliphatic rings. The Morgan fingerprint density at radius 1 is 1.18 bits per heavy atom. The zero-order valence-corrected chi connectivity index (χ0v) is 14.4. The first kappa shape index (κ1) is 18.0. The van der Waals surface area contributed by atoms with Gasteiger partial charge in [-0.3, -0.25) is 19.7 Å². The Kier molecular flexibility index (Phi) is 6.89. The number of aromatic nitrogens is 2. The van der Waals surface area contributed by atoms with Gasteiger partial charge in [0, 0.05) is 12.4 Å². The first-order chi connectivity index (χ1) is 10.5. The molecule has 1 aromatic heterocycles. The summed E-state index contributed by atoms with van der Waals surface area (Å²) in [4.78, 5) is 26.3. The molecule has 1 atom stereocenters. The lowest BCUT2D eigenvalue weighted by Gasteiger charge is -2.18. The van der Waals surface area contributed by atoms with Crippen LogP contribution < -0.4 is 0 Å². The number of hydrogen-bond acceptors (Lipinski definition) is 4. The highest BCUT2D eigenvalue weighted by molar-refractivity contribution is 6.16. The van der Waals surface area contributed by atoms with Gasteiger partial charge in [0.25, 0.3) is 5.91 Å². The van der Waals surface area contributed by atoms with E-state index < -0.39 is 0 Å². The molecule has 0 saturated heterocycles. The molecule has 0 radical (unpaired) electrons. The Morgan fingerprint density at radius 3 is 2.36 bits per heavy atom. The van der Waals surface area contributed by atoms with Crippen molar-refractivity contribution >= 4 is 17.8 Å². The van der Waals surface area contributed by atoms with Gasteiger partial charge in [-0.25, -0.2) is 4.98 Å². The number of carbonyl (C=O) groups excluding carboxylic acids is 1. The van der Waals surface area contributed by atoms with Gasteiger partial charge < -0.3 is 0 Å². The lowest BCUT2D eigenvalue weighted by Crippen LogP contribution is -2.33. The number of hydrogen-bond donors (Lipinski definition) is 0. The lowest BCUT2D eigenvalue weighted by molar-refractivity contribution is -0.125. The Labute approximate surface area is 133 Å². The third-order valence-corrected chi connectivity index (χ3v) is 2.65. The fourth-order valence-electron chi connectivity index (χ4n) is 1.84. The van der Waals surface area contributed by atoms with Crippen LogP contribution in [0.2, 0.25) is 0 Å². The molecule has 2 aliphatic heterocycles. The van der Waals surface area contributed by atoms with Gasteiger partial charge in [0.2, 0.25) is 0 Å². The highest BCUT2D eigenvalue weighted by Crippen LogP contribution is 2.23. The fourth-order valence-corrected chi connectivity index (χ4v) is 1.84. The number of amidine groups is 1. The van der Waals surface area contributed by atoms with E-state index >= 15 is 0 Å². The summed E-state index contributed by atoms with van der Waals surface area (Å²) in [6.45, 7) is 12.2. The molecule has 5 nitrogen and oxygen atoms in total. The smallest absolute Gasteiger partial charge is 0.256 e. The van der Waals surface area contributed by atoms with Crippen molar-refractivity contribution in [2.24, 2.45) is 4.99 Å². The van der Waals surface area contributed by atoms with E-state index in [9.17, 15) is 4.79 Å². The van der Waals surface area contributed by atoms with Crippen molar-refractivity contribution in [3.63, 3.8) is 0 Å². The van der Waals surface area contributed by atoms with Crippen molar-refractivity contribution in [1.29, 1.82) is 0 Å². The normalized spacial score (nSPS) is 17.5. The molecule has 0 saturated carbocycles. The van der Waals surface area contributed by atoms with Crippen LogP contribution in [0.1, 0.15) is 64.5 Å². The molecular weight excluding hydrogens is 276 g/mol. The monoisotopic (exact) mass is 302 g/mol. The summed E-state index contributed by atoms with van der Waals surface area (Å²) in [7, 11) is 0. The van der Waals surface area contributed by atoms with Gasteiger partial charge in [-0.2, -0.15) is 0 Å². The largest absolute Gasteiger partial charge is 0.272 e. The van der Waals surface area contributed by atoms with Crippen molar-refractivity contribution in [2.45, 2.75) is 60.4 Å². The lowest BCUT2D eigenvalue weighted by atomic mass is 10.2. The minimum atomic E-state index is -0.326. The minimum Gasteiger partial charge on any atom is -0.272 e. The minimum absolute atomic E-state index is 0.0137. The number of fused-ring (bicyclic) bond motifs is 3. The summed E-state index contributed by atoms with van der Waals surface area (Å²) in [5.41, 5.74) is 2.28. The maximum absolute atomic E-state index is 11.7. The zero-order chi connectivity index (χ0) is 16.7. The Bertz CT molecular complexity index is 576. The average molecular weight is 302 g/mol. The molecule has 0 aliphatic carbocycles. The molecular formula is C17H26N4O. The summed E-state index contributed by atoms with van der Waals surface area (Å²) >= 11 is 0. The van der Waals surface area contributed by atoms with Gasteiger partial charge >= 0.3 is 0 Å². The van der Waals surface area contributed by atoms with Gasteiger partial charge in [-0.05, 0) is 19.9 Å². The summed E-state index contributed by atoms with van der Waals surface area (Å²) in [5.74, 6) is 0.603. The SMILES string of the molecule is CCC.CCC.Cc1cnc2c(n1)C1=NC(C)C(=O)N1C=C2. The highest BCUT2D eigenvalue weighted by Gasteiger charge is 2.34. The van der Waals surface area contributed by atoms with E-state index in [1.807, 2.05) is 6.92 Å². The molecule has 5 heteroatoms. The molecule has 1 aromatic rings. The summed E-state index contributed by atoms with van der Waals surface area (Å²) < 4.78 is 0. The van der Waals surface area contributed by atoms with Crippen LogP contribution in [0.4, 0.5) is 0 Å². The fraction of sp³-hybridized carbons (Fsp3) is 0.529. The first-order valence-electron chi connectivity index (χ1n) is 7.93. The van der Waals surface area contributed by atoms with Crippen LogP contribution in [0.25, 0.3) is 6.08 Å². The molecule has 1 amide bonds. The van der Waals surface area contributed by atoms with E-state index in [-0.39, 0.29) is 11.9 Å². The second kappa shape index (κ2) is 8.41. The zero-order valence-electron chi connectivity index (χ0n) is 14.4. The van der Waals surface area contributed by atoms with E-state index in [0.717, 1.165) is 11.4 Å². The van der Waals surface area contributed by atoms with Crippen LogP contribution in [0.15, 0.2) is 17.4 Å². The summed E-state index contributed by atoms with van der Waals surface area (Å²) in [6, 6.07) is -0.326. The average Bonchev–Trinajstić information content (AvgIpc) is 2.77. The second-order valence-electron chi connectivity index (χ2n) is 5.31. The van der Waals surface area contributed by atoms with E-state index in [0.29, 0.717) is 11.5 Å². The van der Waals surface area contributed by atoms with E-state index in [1.54, 1.807) is 30.3 Å². The molecule has 120 valence electrons. The van der Waals surface area contributed by atoms with Gasteiger partial charge in [0.05, 0.1) is 11.4 Å². The molecule has 3 heterocycles. The Morgan fingerprint density at radius 2 is 1.77 bits per heavy atom. The molecule has 0 N–H and O–H groups in total. The predicted molar refractivity (Wildman–Crippen MR) is 90.6 cm³/mol. The van der Waals surface area contributed by atoms with E-state index in [1.165, 1.54) is 12.8 Å². The van der Waals surface area contributed by atoms with Crippen LogP contribution in [-0.2, 0) is 4.79 Å². The number of carbonyl (C=O) groups is 1. The van der Waals surface area contributed by atoms with Gasteiger partial charge in [0.1, 0.15) is 11.7 Å². The van der Waals surface area contributed by atoms with Crippen LogP contribution in [0, 0.1) is 6.92 Å². The van der Waals surface area contributed by atoms with Crippen molar-refractivity contribution < 1.29 is 4.79 Å². The first-order valence-corrected chi connectivity index (χ1v) is 7.93. The quantitative estimate of drug-likeness (QED) is 0.736. The maximum Gasteiger partial charge on any atom is 0.256 e. The van der Waals surface area contributed by atoms with Crippen molar-refractivity contribution in [3.05, 3.63) is 29.5 Å². The number of rotatable bonds is 0. The molecule has 0 spiro atoms. The molecule has 0 fully saturated rings. The Balaban J connectivity index is 0.000000353. The van der Waals surface area contributed by atoms with Crippen LogP contribution in [-0.4, -0.2) is 32.7 Å². The third kappa shape index (κ3) is 4.00. The topological polar surface area (TPSA) is 58.5 Å². The Hall–Kier alpha value is -2.04. The van der Waals surface area contributed by atoms with Crippen LogP contribution in [0.3, 0.4) is 0 Å². The molecule has 22 heavy (non-hydrogen) atoms. The van der Waals surface area contributed by atoms with E-state index in [2.05, 4.69) is 42.7 Å². The number of amides is 1. The molecule has 1 unspecified atom stereocenters. The van der Waals surface area contributed by atoms with Crippen molar-refractivity contribution in [3.8, 4) is 0 Å². The number of aryl methyl sites for hydroxylation is 1. The second-order valence-corrected chi connectivity index (χ2v) is 5.31. The molecule has 3 rings (SSSR count). The van der Waals surface area contributed by atoms with Gasteiger partial charge in [-0.15, -0.1) is 0 Å².